The van der Waals surface area contributed by atoms with Crippen LogP contribution in [0.5, 0.6) is 0 Å². The molecule has 0 aliphatic heterocycles. The Morgan fingerprint density at radius 1 is 1.38 bits per heavy atom. The van der Waals surface area contributed by atoms with Crippen molar-refractivity contribution < 1.29 is 0 Å². The van der Waals surface area contributed by atoms with Crippen LogP contribution < -0.4 is 5.32 Å². The Labute approximate surface area is 103 Å². The van der Waals surface area contributed by atoms with Gasteiger partial charge < -0.3 is 5.32 Å². The molecule has 1 aromatic heterocycles. The number of nitrogens with one attached hydrogen (secondary N) is 1. The van der Waals surface area contributed by atoms with Gasteiger partial charge in [-0.15, -0.1) is 11.3 Å². The Morgan fingerprint density at radius 2 is 2.19 bits per heavy atom. The molecule has 0 aromatic carbocycles. The minimum atomic E-state index is 0.611. The van der Waals surface area contributed by atoms with E-state index in [2.05, 4.69) is 31.1 Å². The lowest BCUT2D eigenvalue weighted by Crippen LogP contribution is -2.37. The molecule has 92 valence electrons. The second kappa shape index (κ2) is 7.80. The van der Waals surface area contributed by atoms with Crippen LogP contribution >= 0.6 is 11.3 Å². The van der Waals surface area contributed by atoms with Crippen molar-refractivity contribution in [2.45, 2.75) is 52.5 Å². The van der Waals surface area contributed by atoms with E-state index < -0.39 is 0 Å². The molecule has 16 heavy (non-hydrogen) atoms. The van der Waals surface area contributed by atoms with Crippen molar-refractivity contribution in [1.82, 2.24) is 10.3 Å². The van der Waals surface area contributed by atoms with E-state index in [9.17, 15) is 0 Å². The first-order valence-corrected chi connectivity index (χ1v) is 7.26. The lowest BCUT2D eigenvalue weighted by Gasteiger charge is -2.24. The zero-order valence-electron chi connectivity index (χ0n) is 10.7. The first-order valence-electron chi connectivity index (χ1n) is 6.38. The minimum absolute atomic E-state index is 0.611. The number of rotatable bonds is 8. The highest BCUT2D eigenvalue weighted by Crippen LogP contribution is 2.17. The van der Waals surface area contributed by atoms with Crippen molar-refractivity contribution in [3.63, 3.8) is 0 Å². The summed E-state index contributed by atoms with van der Waals surface area (Å²) in [6.45, 7) is 7.97. The molecule has 2 nitrogen and oxygen atoms in total. The van der Waals surface area contributed by atoms with E-state index in [1.807, 2.05) is 11.7 Å². The molecule has 0 bridgehead atoms. The van der Waals surface area contributed by atoms with Crippen LogP contribution in [-0.2, 0) is 6.42 Å². The predicted octanol–water partition coefficient (Wildman–Crippen LogP) is 3.49. The molecule has 0 aliphatic rings. The van der Waals surface area contributed by atoms with Gasteiger partial charge in [0.25, 0.3) is 0 Å². The van der Waals surface area contributed by atoms with E-state index in [1.54, 1.807) is 11.3 Å². The van der Waals surface area contributed by atoms with Crippen LogP contribution in [0.15, 0.2) is 11.7 Å². The van der Waals surface area contributed by atoms with Gasteiger partial charge in [-0.3, -0.25) is 4.98 Å². The van der Waals surface area contributed by atoms with E-state index in [1.165, 1.54) is 24.1 Å². The average molecular weight is 240 g/mol. The number of thiazole rings is 1. The van der Waals surface area contributed by atoms with E-state index >= 15 is 0 Å². The third-order valence-electron chi connectivity index (χ3n) is 2.99. The summed E-state index contributed by atoms with van der Waals surface area (Å²) < 4.78 is 0. The maximum absolute atomic E-state index is 4.15. The third kappa shape index (κ3) is 4.62. The number of aromatic nitrogens is 1. The van der Waals surface area contributed by atoms with E-state index in [4.69, 9.17) is 0 Å². The topological polar surface area (TPSA) is 24.9 Å². The summed E-state index contributed by atoms with van der Waals surface area (Å²) in [5.74, 6) is 0.749. The van der Waals surface area contributed by atoms with E-state index in [-0.39, 0.29) is 0 Å². The maximum Gasteiger partial charge on any atom is 0.0794 e. The minimum Gasteiger partial charge on any atom is -0.313 e. The van der Waals surface area contributed by atoms with Crippen molar-refractivity contribution in [3.05, 3.63) is 16.6 Å². The monoisotopic (exact) mass is 240 g/mol. The van der Waals surface area contributed by atoms with Gasteiger partial charge in [0.1, 0.15) is 0 Å². The number of hydrogen-bond donors (Lipinski definition) is 1. The van der Waals surface area contributed by atoms with Crippen LogP contribution in [0.2, 0.25) is 0 Å². The van der Waals surface area contributed by atoms with Crippen LogP contribution in [0, 0.1) is 5.92 Å². The molecule has 1 N–H and O–H groups in total. The Balaban J connectivity index is 2.49. The van der Waals surface area contributed by atoms with Gasteiger partial charge in [-0.25, -0.2) is 0 Å². The Bertz CT molecular complexity index is 259. The van der Waals surface area contributed by atoms with Crippen molar-refractivity contribution in [2.75, 3.05) is 6.54 Å². The summed E-state index contributed by atoms with van der Waals surface area (Å²) in [6, 6.07) is 0.611. The largest absolute Gasteiger partial charge is 0.313 e. The first kappa shape index (κ1) is 13.7. The molecule has 0 saturated carbocycles. The second-order valence-electron chi connectivity index (χ2n) is 4.50. The molecule has 1 rings (SSSR count). The standard InChI is InChI=1S/C13H24N2S/c1-4-6-11(3)13(15-7-5-2)8-12-9-14-10-16-12/h9-11,13,15H,4-8H2,1-3H3. The average Bonchev–Trinajstić information content (AvgIpc) is 2.77. The van der Waals surface area contributed by atoms with Gasteiger partial charge in [-0.05, 0) is 31.7 Å². The fourth-order valence-corrected chi connectivity index (χ4v) is 2.68. The van der Waals surface area contributed by atoms with Gasteiger partial charge in [0, 0.05) is 17.1 Å². The van der Waals surface area contributed by atoms with Crippen molar-refractivity contribution >= 4 is 11.3 Å². The van der Waals surface area contributed by atoms with Crippen molar-refractivity contribution in [1.29, 1.82) is 0 Å². The predicted molar refractivity (Wildman–Crippen MR) is 72.0 cm³/mol. The molecule has 0 radical (unpaired) electrons. The molecule has 3 heteroatoms. The zero-order valence-corrected chi connectivity index (χ0v) is 11.5. The van der Waals surface area contributed by atoms with Crippen LogP contribution in [0.25, 0.3) is 0 Å². The summed E-state index contributed by atoms with van der Waals surface area (Å²) in [7, 11) is 0. The highest BCUT2D eigenvalue weighted by Gasteiger charge is 2.16. The third-order valence-corrected chi connectivity index (χ3v) is 3.79. The summed E-state index contributed by atoms with van der Waals surface area (Å²) in [5.41, 5.74) is 1.93. The van der Waals surface area contributed by atoms with Gasteiger partial charge >= 0.3 is 0 Å². The summed E-state index contributed by atoms with van der Waals surface area (Å²) in [5, 5.41) is 3.67. The van der Waals surface area contributed by atoms with Crippen LogP contribution in [0.4, 0.5) is 0 Å². The van der Waals surface area contributed by atoms with Gasteiger partial charge in [-0.1, -0.05) is 27.2 Å². The summed E-state index contributed by atoms with van der Waals surface area (Å²) >= 11 is 1.77. The molecular weight excluding hydrogens is 216 g/mol. The van der Waals surface area contributed by atoms with Crippen molar-refractivity contribution in [2.24, 2.45) is 5.92 Å². The Kier molecular flexibility index (Phi) is 6.65. The van der Waals surface area contributed by atoms with Crippen molar-refractivity contribution in [3.8, 4) is 0 Å². The fraction of sp³-hybridized carbons (Fsp3) is 0.769. The molecule has 2 atom stereocenters. The smallest absolute Gasteiger partial charge is 0.0794 e. The molecule has 1 heterocycles. The molecule has 0 amide bonds. The molecule has 0 fully saturated rings. The molecule has 0 aliphatic carbocycles. The first-order chi connectivity index (χ1) is 7.77. The highest BCUT2D eigenvalue weighted by molar-refractivity contribution is 7.09. The molecular formula is C13H24N2S. The van der Waals surface area contributed by atoms with Gasteiger partial charge in [0.2, 0.25) is 0 Å². The Morgan fingerprint density at radius 3 is 2.75 bits per heavy atom. The lowest BCUT2D eigenvalue weighted by atomic mass is 9.94. The van der Waals surface area contributed by atoms with Crippen LogP contribution in [-0.4, -0.2) is 17.6 Å². The summed E-state index contributed by atoms with van der Waals surface area (Å²) in [4.78, 5) is 5.55. The molecule has 2 unspecified atom stereocenters. The SMILES string of the molecule is CCCNC(Cc1cncs1)C(C)CCC. The summed E-state index contributed by atoms with van der Waals surface area (Å²) in [6.07, 6.45) is 6.92. The normalized spacial score (nSPS) is 14.9. The maximum atomic E-state index is 4.15. The number of nitrogens with zero attached hydrogens (tertiary/aromatic N) is 1. The lowest BCUT2D eigenvalue weighted by molar-refractivity contribution is 0.354. The second-order valence-corrected chi connectivity index (χ2v) is 5.47. The molecule has 1 aromatic rings. The number of hydrogen-bond acceptors (Lipinski definition) is 3. The Hall–Kier alpha value is -0.410. The molecule has 0 spiro atoms. The van der Waals surface area contributed by atoms with Crippen LogP contribution in [0.3, 0.4) is 0 Å². The van der Waals surface area contributed by atoms with E-state index in [0.29, 0.717) is 6.04 Å². The fourth-order valence-electron chi connectivity index (χ4n) is 2.02. The zero-order chi connectivity index (χ0) is 11.8. The quantitative estimate of drug-likeness (QED) is 0.752. The molecule has 0 saturated heterocycles. The van der Waals surface area contributed by atoms with Crippen LogP contribution in [0.1, 0.15) is 44.9 Å². The van der Waals surface area contributed by atoms with E-state index in [0.717, 1.165) is 18.9 Å². The van der Waals surface area contributed by atoms with Gasteiger partial charge in [0.05, 0.1) is 5.51 Å². The highest BCUT2D eigenvalue weighted by atomic mass is 32.1. The van der Waals surface area contributed by atoms with Gasteiger partial charge in [0.15, 0.2) is 0 Å². The van der Waals surface area contributed by atoms with Gasteiger partial charge in [-0.2, -0.15) is 0 Å².